The molecule has 2 aromatic heterocycles. The summed E-state index contributed by atoms with van der Waals surface area (Å²) in [5, 5.41) is 9.35. The summed E-state index contributed by atoms with van der Waals surface area (Å²) >= 11 is 0. The van der Waals surface area contributed by atoms with Gasteiger partial charge in [0.1, 0.15) is 18.1 Å². The van der Waals surface area contributed by atoms with Crippen LogP contribution in [0, 0.1) is 0 Å². The van der Waals surface area contributed by atoms with E-state index in [4.69, 9.17) is 5.73 Å². The molecule has 0 aromatic carbocycles. The first-order chi connectivity index (χ1) is 6.20. The Kier molecular flexibility index (Phi) is 1.63. The molecule has 6 nitrogen and oxygen atoms in total. The number of imidazole rings is 1. The third-order valence-corrected chi connectivity index (χ3v) is 1.80. The number of fused-ring (bicyclic) bond motifs is 1. The molecule has 68 valence electrons. The predicted octanol–water partition coefficient (Wildman–Crippen LogP) is -0.0807. The molecule has 0 aliphatic rings. The van der Waals surface area contributed by atoms with Crippen LogP contribution in [0.1, 0.15) is 13.2 Å². The van der Waals surface area contributed by atoms with E-state index in [9.17, 15) is 5.11 Å². The molecular weight excluding hydrogens is 170 g/mol. The molecule has 2 aromatic rings. The summed E-state index contributed by atoms with van der Waals surface area (Å²) in [7, 11) is 0. The number of nitrogens with two attached hydrogens (primary N) is 1. The van der Waals surface area contributed by atoms with Gasteiger partial charge in [-0.15, -0.1) is 0 Å². The van der Waals surface area contributed by atoms with E-state index >= 15 is 0 Å². The molecule has 2 heterocycles. The van der Waals surface area contributed by atoms with Crippen molar-refractivity contribution in [2.75, 3.05) is 5.73 Å². The number of hydrogen-bond donors (Lipinski definition) is 2. The second-order valence-corrected chi connectivity index (χ2v) is 2.71. The Labute approximate surface area is 74.1 Å². The number of hydrogen-bond acceptors (Lipinski definition) is 5. The predicted molar refractivity (Wildman–Crippen MR) is 46.7 cm³/mol. The van der Waals surface area contributed by atoms with Crippen molar-refractivity contribution in [3.63, 3.8) is 0 Å². The maximum atomic E-state index is 9.35. The lowest BCUT2D eigenvalue weighted by atomic mass is 10.4. The van der Waals surface area contributed by atoms with Gasteiger partial charge in [0.25, 0.3) is 0 Å². The highest BCUT2D eigenvalue weighted by atomic mass is 16.3. The van der Waals surface area contributed by atoms with Crippen LogP contribution in [0.2, 0.25) is 0 Å². The van der Waals surface area contributed by atoms with Crippen LogP contribution < -0.4 is 5.73 Å². The summed E-state index contributed by atoms with van der Waals surface area (Å²) in [4.78, 5) is 11.7. The smallest absolute Gasteiger partial charge is 0.183 e. The minimum atomic E-state index is -0.682. The monoisotopic (exact) mass is 179 g/mol. The lowest BCUT2D eigenvalue weighted by Gasteiger charge is -2.06. The second-order valence-electron chi connectivity index (χ2n) is 2.71. The zero-order valence-electron chi connectivity index (χ0n) is 7.05. The molecule has 2 rings (SSSR count). The van der Waals surface area contributed by atoms with Gasteiger partial charge in [-0.1, -0.05) is 0 Å². The van der Waals surface area contributed by atoms with Gasteiger partial charge >= 0.3 is 0 Å². The third kappa shape index (κ3) is 1.11. The molecule has 0 saturated carbocycles. The Morgan fingerprint density at radius 1 is 1.46 bits per heavy atom. The van der Waals surface area contributed by atoms with Gasteiger partial charge in [0.05, 0.1) is 6.33 Å². The summed E-state index contributed by atoms with van der Waals surface area (Å²) in [5.74, 6) is 0.323. The van der Waals surface area contributed by atoms with Gasteiger partial charge < -0.3 is 10.8 Å². The summed E-state index contributed by atoms with van der Waals surface area (Å²) in [6.45, 7) is 1.62. The van der Waals surface area contributed by atoms with E-state index in [1.54, 1.807) is 6.92 Å². The minimum absolute atomic E-state index is 0.323. The van der Waals surface area contributed by atoms with E-state index < -0.39 is 6.23 Å². The molecule has 3 N–H and O–H groups in total. The Bertz CT molecular complexity index is 435. The first-order valence-corrected chi connectivity index (χ1v) is 3.81. The van der Waals surface area contributed by atoms with Crippen LogP contribution in [0.25, 0.3) is 11.2 Å². The van der Waals surface area contributed by atoms with Crippen molar-refractivity contribution in [3.8, 4) is 0 Å². The zero-order valence-corrected chi connectivity index (χ0v) is 7.05. The van der Waals surface area contributed by atoms with Crippen molar-refractivity contribution in [2.45, 2.75) is 13.2 Å². The molecule has 0 bridgehead atoms. The first-order valence-electron chi connectivity index (χ1n) is 3.81. The molecule has 0 fully saturated rings. The normalized spacial score (nSPS) is 13.4. The van der Waals surface area contributed by atoms with Crippen LogP contribution in [0.5, 0.6) is 0 Å². The minimum Gasteiger partial charge on any atom is -0.382 e. The molecule has 0 aliphatic carbocycles. The highest BCUT2D eigenvalue weighted by molar-refractivity contribution is 5.81. The second kappa shape index (κ2) is 2.67. The Morgan fingerprint density at radius 3 is 2.92 bits per heavy atom. The highest BCUT2D eigenvalue weighted by Crippen LogP contribution is 2.17. The van der Waals surface area contributed by atoms with Crippen LogP contribution in [0.15, 0.2) is 12.7 Å². The molecular formula is C7H9N5O. The summed E-state index contributed by atoms with van der Waals surface area (Å²) < 4.78 is 1.52. The fourth-order valence-corrected chi connectivity index (χ4v) is 1.18. The van der Waals surface area contributed by atoms with Gasteiger partial charge in [0.15, 0.2) is 11.5 Å². The van der Waals surface area contributed by atoms with Gasteiger partial charge in [-0.05, 0) is 6.92 Å². The Balaban J connectivity index is 2.79. The van der Waals surface area contributed by atoms with Crippen molar-refractivity contribution in [1.82, 2.24) is 19.5 Å². The van der Waals surface area contributed by atoms with Crippen molar-refractivity contribution < 1.29 is 5.11 Å². The van der Waals surface area contributed by atoms with Gasteiger partial charge in [0.2, 0.25) is 0 Å². The van der Waals surface area contributed by atoms with Crippen LogP contribution >= 0.6 is 0 Å². The van der Waals surface area contributed by atoms with E-state index in [2.05, 4.69) is 15.0 Å². The van der Waals surface area contributed by atoms with E-state index in [0.717, 1.165) is 0 Å². The number of nitrogens with zero attached hydrogens (tertiary/aromatic N) is 4. The van der Waals surface area contributed by atoms with Gasteiger partial charge in [-0.3, -0.25) is 4.57 Å². The molecule has 0 spiro atoms. The zero-order chi connectivity index (χ0) is 9.42. The average Bonchev–Trinajstić information content (AvgIpc) is 2.49. The van der Waals surface area contributed by atoms with Crippen molar-refractivity contribution in [3.05, 3.63) is 12.7 Å². The van der Waals surface area contributed by atoms with Crippen molar-refractivity contribution >= 4 is 17.0 Å². The summed E-state index contributed by atoms with van der Waals surface area (Å²) in [6, 6.07) is 0. The molecule has 0 aliphatic heterocycles. The molecule has 0 amide bonds. The molecule has 6 heteroatoms. The van der Waals surface area contributed by atoms with Crippen LogP contribution in [0.3, 0.4) is 0 Å². The topological polar surface area (TPSA) is 89.8 Å². The van der Waals surface area contributed by atoms with E-state index in [0.29, 0.717) is 17.0 Å². The number of anilines is 1. The Morgan fingerprint density at radius 2 is 2.23 bits per heavy atom. The number of rotatable bonds is 1. The van der Waals surface area contributed by atoms with Gasteiger partial charge in [-0.2, -0.15) is 0 Å². The summed E-state index contributed by atoms with van der Waals surface area (Å²) in [6.07, 6.45) is 2.15. The summed E-state index contributed by atoms with van der Waals surface area (Å²) in [5.41, 5.74) is 6.68. The number of nitrogen functional groups attached to an aromatic ring is 1. The van der Waals surface area contributed by atoms with E-state index in [1.807, 2.05) is 0 Å². The first kappa shape index (κ1) is 7.93. The molecule has 0 radical (unpaired) electrons. The lowest BCUT2D eigenvalue weighted by Crippen LogP contribution is -2.04. The van der Waals surface area contributed by atoms with Crippen molar-refractivity contribution in [2.24, 2.45) is 0 Å². The molecule has 1 atom stereocenters. The third-order valence-electron chi connectivity index (χ3n) is 1.80. The maximum Gasteiger partial charge on any atom is 0.183 e. The maximum absolute atomic E-state index is 9.35. The number of aliphatic hydroxyl groups is 1. The van der Waals surface area contributed by atoms with Crippen LogP contribution in [-0.2, 0) is 0 Å². The Hall–Kier alpha value is -1.69. The van der Waals surface area contributed by atoms with E-state index in [1.165, 1.54) is 17.2 Å². The van der Waals surface area contributed by atoms with Crippen molar-refractivity contribution in [1.29, 1.82) is 0 Å². The van der Waals surface area contributed by atoms with Crippen LogP contribution in [-0.4, -0.2) is 24.6 Å². The average molecular weight is 179 g/mol. The van der Waals surface area contributed by atoms with Crippen LogP contribution in [0.4, 0.5) is 5.82 Å². The number of aromatic nitrogens is 4. The highest BCUT2D eigenvalue weighted by Gasteiger charge is 2.10. The fourth-order valence-electron chi connectivity index (χ4n) is 1.18. The van der Waals surface area contributed by atoms with E-state index in [-0.39, 0.29) is 0 Å². The quantitative estimate of drug-likeness (QED) is 0.639. The SMILES string of the molecule is CC(O)n1cnc2ncnc(N)c21. The van der Waals surface area contributed by atoms with Gasteiger partial charge in [-0.25, -0.2) is 15.0 Å². The standard InChI is InChI=1S/C7H9N5O/c1-4(13)12-3-11-7-5(12)6(8)9-2-10-7/h2-4,13H,1H3,(H2,8,9,10). The van der Waals surface area contributed by atoms with Gasteiger partial charge in [0, 0.05) is 0 Å². The molecule has 13 heavy (non-hydrogen) atoms. The molecule has 0 saturated heterocycles. The number of aliphatic hydroxyl groups excluding tert-OH is 1. The molecule has 1 unspecified atom stereocenters. The largest absolute Gasteiger partial charge is 0.382 e. The fraction of sp³-hybridized carbons (Fsp3) is 0.286. The lowest BCUT2D eigenvalue weighted by molar-refractivity contribution is 0.129.